The summed E-state index contributed by atoms with van der Waals surface area (Å²) in [4.78, 5) is 11.0. The Balaban J connectivity index is 0.00000120. The molecule has 1 aliphatic rings. The van der Waals surface area contributed by atoms with Crippen LogP contribution in [0.4, 0.5) is 0 Å². The van der Waals surface area contributed by atoms with Crippen molar-refractivity contribution in [2.24, 2.45) is 7.05 Å². The van der Waals surface area contributed by atoms with Crippen LogP contribution in [0, 0.1) is 0 Å². The van der Waals surface area contributed by atoms with Crippen LogP contribution in [-0.2, 0) is 24.8 Å². The number of aryl methyl sites for hydroxylation is 1. The quantitative estimate of drug-likeness (QED) is 0.826. The highest BCUT2D eigenvalue weighted by Gasteiger charge is 2.27. The van der Waals surface area contributed by atoms with Gasteiger partial charge in [0.1, 0.15) is 6.04 Å². The van der Waals surface area contributed by atoms with Crippen molar-refractivity contribution in [2.75, 3.05) is 0 Å². The summed E-state index contributed by atoms with van der Waals surface area (Å²) in [6.07, 6.45) is 0.562. The fourth-order valence-corrected chi connectivity index (χ4v) is 2.65. The third kappa shape index (κ3) is 1.78. The number of halogens is 1. The summed E-state index contributed by atoms with van der Waals surface area (Å²) in [5, 5.41) is 13.3. The van der Waals surface area contributed by atoms with Gasteiger partial charge in [-0.3, -0.25) is 10.1 Å². The number of fused-ring (bicyclic) bond motifs is 3. The zero-order chi connectivity index (χ0) is 12.0. The van der Waals surface area contributed by atoms with E-state index in [1.807, 2.05) is 19.2 Å². The fraction of sp³-hybridized carbons (Fsp3) is 0.308. The van der Waals surface area contributed by atoms with Gasteiger partial charge in [-0.15, -0.1) is 12.4 Å². The van der Waals surface area contributed by atoms with Crippen molar-refractivity contribution in [3.63, 3.8) is 0 Å². The van der Waals surface area contributed by atoms with Gasteiger partial charge in [-0.25, -0.2) is 0 Å². The standard InChI is InChI=1S/C13H14N2O2.ClH/c1-15-11-5-3-2-4-8(11)9-6-10(13(16)17)14-7-12(9)15;/h2-5,10,14H,6-7H2,1H3,(H,16,17);1H. The normalized spacial score (nSPS) is 18.2. The maximum absolute atomic E-state index is 11.0. The minimum atomic E-state index is -0.774. The van der Waals surface area contributed by atoms with Crippen molar-refractivity contribution in [3.8, 4) is 0 Å². The van der Waals surface area contributed by atoms with Gasteiger partial charge in [0.05, 0.1) is 0 Å². The molecule has 1 atom stereocenters. The average Bonchev–Trinajstić information content (AvgIpc) is 2.64. The summed E-state index contributed by atoms with van der Waals surface area (Å²) in [7, 11) is 2.03. The first kappa shape index (κ1) is 12.9. The van der Waals surface area contributed by atoms with Crippen LogP contribution in [-0.4, -0.2) is 21.7 Å². The maximum Gasteiger partial charge on any atom is 0.321 e. The molecule has 1 unspecified atom stereocenters. The molecule has 1 aliphatic heterocycles. The second kappa shape index (κ2) is 4.63. The van der Waals surface area contributed by atoms with Crippen LogP contribution in [0.25, 0.3) is 10.9 Å². The number of aliphatic carboxylic acids is 1. The zero-order valence-electron chi connectivity index (χ0n) is 10.0. The van der Waals surface area contributed by atoms with Crippen molar-refractivity contribution in [3.05, 3.63) is 35.5 Å². The van der Waals surface area contributed by atoms with E-state index in [0.29, 0.717) is 13.0 Å². The number of hydrogen-bond donors (Lipinski definition) is 2. The Morgan fingerprint density at radius 1 is 1.44 bits per heavy atom. The molecule has 0 amide bonds. The molecule has 2 heterocycles. The molecule has 0 bridgehead atoms. The van der Waals surface area contributed by atoms with Gasteiger partial charge in [-0.05, 0) is 11.6 Å². The van der Waals surface area contributed by atoms with E-state index in [0.717, 1.165) is 0 Å². The number of nitrogens with one attached hydrogen (secondary N) is 1. The van der Waals surface area contributed by atoms with Crippen LogP contribution in [0.5, 0.6) is 0 Å². The minimum absolute atomic E-state index is 0. The van der Waals surface area contributed by atoms with E-state index in [9.17, 15) is 4.79 Å². The highest BCUT2D eigenvalue weighted by Crippen LogP contribution is 2.28. The van der Waals surface area contributed by atoms with E-state index in [4.69, 9.17) is 5.11 Å². The van der Waals surface area contributed by atoms with Gasteiger partial charge in [0.2, 0.25) is 0 Å². The van der Waals surface area contributed by atoms with E-state index >= 15 is 0 Å². The monoisotopic (exact) mass is 266 g/mol. The number of carbonyl (C=O) groups is 1. The Morgan fingerprint density at radius 2 is 2.17 bits per heavy atom. The lowest BCUT2D eigenvalue weighted by Gasteiger charge is -2.21. The zero-order valence-corrected chi connectivity index (χ0v) is 10.8. The minimum Gasteiger partial charge on any atom is -0.480 e. The molecule has 3 rings (SSSR count). The number of carboxylic acid groups (broad SMARTS) is 1. The number of rotatable bonds is 1. The first-order valence-electron chi connectivity index (χ1n) is 5.70. The second-order valence-electron chi connectivity index (χ2n) is 4.48. The molecule has 2 aromatic rings. The van der Waals surface area contributed by atoms with Crippen molar-refractivity contribution in [1.82, 2.24) is 9.88 Å². The van der Waals surface area contributed by atoms with Crippen LogP contribution in [0.15, 0.2) is 24.3 Å². The first-order valence-corrected chi connectivity index (χ1v) is 5.70. The lowest BCUT2D eigenvalue weighted by Crippen LogP contribution is -2.41. The van der Waals surface area contributed by atoms with Gasteiger partial charge in [0.15, 0.2) is 0 Å². The molecular weight excluding hydrogens is 252 g/mol. The molecule has 0 radical (unpaired) electrons. The third-order valence-corrected chi connectivity index (χ3v) is 3.57. The summed E-state index contributed by atoms with van der Waals surface area (Å²) < 4.78 is 2.15. The summed E-state index contributed by atoms with van der Waals surface area (Å²) >= 11 is 0. The number of nitrogens with zero attached hydrogens (tertiary/aromatic N) is 1. The molecule has 18 heavy (non-hydrogen) atoms. The summed E-state index contributed by atoms with van der Waals surface area (Å²) in [6, 6.07) is 7.69. The van der Waals surface area contributed by atoms with E-state index in [2.05, 4.69) is 22.0 Å². The number of benzene rings is 1. The van der Waals surface area contributed by atoms with Gasteiger partial charge >= 0.3 is 5.97 Å². The van der Waals surface area contributed by atoms with Gasteiger partial charge in [0, 0.05) is 36.6 Å². The van der Waals surface area contributed by atoms with E-state index < -0.39 is 12.0 Å². The maximum atomic E-state index is 11.0. The number of hydrogen-bond acceptors (Lipinski definition) is 2. The van der Waals surface area contributed by atoms with Gasteiger partial charge in [-0.2, -0.15) is 0 Å². The molecule has 1 aromatic carbocycles. The number of carboxylic acids is 1. The molecule has 0 spiro atoms. The van der Waals surface area contributed by atoms with Gasteiger partial charge < -0.3 is 9.67 Å². The molecule has 0 fully saturated rings. The van der Waals surface area contributed by atoms with Crippen molar-refractivity contribution in [2.45, 2.75) is 19.0 Å². The number of aromatic nitrogens is 1. The predicted molar refractivity (Wildman–Crippen MR) is 72.1 cm³/mol. The SMILES string of the molecule is Cl.Cn1c2c(c3ccccc31)CC(C(=O)O)NC2. The topological polar surface area (TPSA) is 54.3 Å². The lowest BCUT2D eigenvalue weighted by atomic mass is 9.99. The van der Waals surface area contributed by atoms with Gasteiger partial charge in [0.25, 0.3) is 0 Å². The first-order chi connectivity index (χ1) is 8.18. The average molecular weight is 267 g/mol. The van der Waals surface area contributed by atoms with E-state index in [-0.39, 0.29) is 12.4 Å². The molecule has 1 aromatic heterocycles. The van der Waals surface area contributed by atoms with Crippen molar-refractivity contribution < 1.29 is 9.90 Å². The molecule has 2 N–H and O–H groups in total. The molecule has 0 saturated carbocycles. The number of para-hydroxylation sites is 1. The Bertz CT molecular complexity index is 606. The summed E-state index contributed by atoms with van der Waals surface area (Å²) in [6.45, 7) is 0.622. The Labute approximate surface area is 111 Å². The van der Waals surface area contributed by atoms with Crippen LogP contribution in [0.3, 0.4) is 0 Å². The smallest absolute Gasteiger partial charge is 0.321 e. The molecule has 0 aliphatic carbocycles. The van der Waals surface area contributed by atoms with Crippen LogP contribution < -0.4 is 5.32 Å². The Morgan fingerprint density at radius 3 is 2.89 bits per heavy atom. The molecule has 4 nitrogen and oxygen atoms in total. The predicted octanol–water partition coefficient (Wildman–Crippen LogP) is 1.70. The summed E-state index contributed by atoms with van der Waals surface area (Å²) in [5.41, 5.74) is 3.54. The molecule has 0 saturated heterocycles. The third-order valence-electron chi connectivity index (χ3n) is 3.57. The molecule has 5 heteroatoms. The van der Waals surface area contributed by atoms with Gasteiger partial charge in [-0.1, -0.05) is 18.2 Å². The molecular formula is C13H15ClN2O2. The van der Waals surface area contributed by atoms with Crippen LogP contribution in [0.2, 0.25) is 0 Å². The highest BCUT2D eigenvalue weighted by molar-refractivity contribution is 5.87. The second-order valence-corrected chi connectivity index (χ2v) is 4.48. The van der Waals surface area contributed by atoms with Crippen molar-refractivity contribution in [1.29, 1.82) is 0 Å². The Kier molecular flexibility index (Phi) is 3.32. The van der Waals surface area contributed by atoms with Crippen molar-refractivity contribution >= 4 is 29.3 Å². The summed E-state index contributed by atoms with van der Waals surface area (Å²) in [5.74, 6) is -0.774. The van der Waals surface area contributed by atoms with Crippen LogP contribution in [0.1, 0.15) is 11.3 Å². The lowest BCUT2D eigenvalue weighted by molar-refractivity contribution is -0.139. The fourth-order valence-electron chi connectivity index (χ4n) is 2.65. The van der Waals surface area contributed by atoms with E-state index in [1.165, 1.54) is 22.2 Å². The largest absolute Gasteiger partial charge is 0.480 e. The Hall–Kier alpha value is -1.52. The van der Waals surface area contributed by atoms with E-state index in [1.54, 1.807) is 0 Å². The molecule has 96 valence electrons. The highest BCUT2D eigenvalue weighted by atomic mass is 35.5. The van der Waals surface area contributed by atoms with Crippen LogP contribution >= 0.6 is 12.4 Å².